The lowest BCUT2D eigenvalue weighted by atomic mass is 10.2. The van der Waals surface area contributed by atoms with E-state index < -0.39 is 16.0 Å². The highest BCUT2D eigenvalue weighted by Crippen LogP contribution is 2.31. The normalized spacial score (nSPS) is 11.0. The predicted octanol–water partition coefficient (Wildman–Crippen LogP) is 3.00. The Hall–Kier alpha value is -1.77. The molecule has 0 spiro atoms. The van der Waals surface area contributed by atoms with Crippen LogP contribution >= 0.6 is 22.9 Å². The fourth-order valence-electron chi connectivity index (χ4n) is 1.67. The van der Waals surface area contributed by atoms with Crippen molar-refractivity contribution in [1.82, 2.24) is 0 Å². The molecule has 1 N–H and O–H groups in total. The van der Waals surface area contributed by atoms with Gasteiger partial charge in [-0.15, -0.1) is 11.3 Å². The number of hydrogen-bond acceptors (Lipinski definition) is 6. The van der Waals surface area contributed by atoms with E-state index in [1.807, 2.05) is 0 Å². The van der Waals surface area contributed by atoms with Gasteiger partial charge in [0.2, 0.25) is 0 Å². The molecule has 2 rings (SSSR count). The molecule has 9 heteroatoms. The molecule has 0 amide bonds. The second kappa shape index (κ2) is 6.55. The van der Waals surface area contributed by atoms with E-state index in [9.17, 15) is 13.2 Å². The lowest BCUT2D eigenvalue weighted by Crippen LogP contribution is -2.13. The number of nitrogens with one attached hydrogen (secondary N) is 1. The van der Waals surface area contributed by atoms with Crippen LogP contribution in [0.5, 0.6) is 5.75 Å². The summed E-state index contributed by atoms with van der Waals surface area (Å²) >= 11 is 6.68. The van der Waals surface area contributed by atoms with E-state index in [2.05, 4.69) is 9.46 Å². The molecule has 0 unspecified atom stereocenters. The molecule has 0 saturated carbocycles. The number of ether oxygens (including phenoxy) is 2. The minimum atomic E-state index is -3.82. The number of hydrogen-bond donors (Lipinski definition) is 1. The van der Waals surface area contributed by atoms with Gasteiger partial charge < -0.3 is 9.47 Å². The molecule has 22 heavy (non-hydrogen) atoms. The monoisotopic (exact) mass is 361 g/mol. The maximum atomic E-state index is 12.3. The van der Waals surface area contributed by atoms with Gasteiger partial charge in [0.1, 0.15) is 9.96 Å². The number of thiophene rings is 1. The SMILES string of the molecule is COC(=O)c1ccc(OC)c(NS(=O)(=O)c2ccc(Cl)s2)c1. The highest BCUT2D eigenvalue weighted by molar-refractivity contribution is 7.94. The fraction of sp³-hybridized carbons (Fsp3) is 0.154. The average molecular weight is 362 g/mol. The van der Waals surface area contributed by atoms with E-state index in [1.54, 1.807) is 0 Å². The molecule has 0 aliphatic heterocycles. The summed E-state index contributed by atoms with van der Waals surface area (Å²) in [7, 11) is -1.19. The number of benzene rings is 1. The van der Waals surface area contributed by atoms with E-state index >= 15 is 0 Å². The van der Waals surface area contributed by atoms with Gasteiger partial charge in [0.25, 0.3) is 10.0 Å². The molecule has 0 saturated heterocycles. The second-order valence-electron chi connectivity index (χ2n) is 4.07. The first kappa shape index (κ1) is 16.6. The number of anilines is 1. The first-order valence-electron chi connectivity index (χ1n) is 5.92. The summed E-state index contributed by atoms with van der Waals surface area (Å²) in [6, 6.07) is 7.18. The highest BCUT2D eigenvalue weighted by Gasteiger charge is 2.20. The van der Waals surface area contributed by atoms with E-state index in [1.165, 1.54) is 44.6 Å². The van der Waals surface area contributed by atoms with Gasteiger partial charge in [-0.1, -0.05) is 11.6 Å². The lowest BCUT2D eigenvalue weighted by molar-refractivity contribution is 0.0600. The minimum absolute atomic E-state index is 0.0584. The molecule has 2 aromatic rings. The van der Waals surface area contributed by atoms with Crippen molar-refractivity contribution < 1.29 is 22.7 Å². The minimum Gasteiger partial charge on any atom is -0.495 e. The summed E-state index contributed by atoms with van der Waals surface area (Å²) in [5.74, 6) is -0.304. The van der Waals surface area contributed by atoms with Crippen LogP contribution in [0.1, 0.15) is 10.4 Å². The molecule has 0 fully saturated rings. The zero-order valence-corrected chi connectivity index (χ0v) is 14.0. The van der Waals surface area contributed by atoms with Crippen molar-refractivity contribution in [3.63, 3.8) is 0 Å². The summed E-state index contributed by atoms with van der Waals surface area (Å²) in [6.45, 7) is 0. The molecule has 0 radical (unpaired) electrons. The quantitative estimate of drug-likeness (QED) is 0.828. The van der Waals surface area contributed by atoms with Crippen LogP contribution in [0, 0.1) is 0 Å². The molecule has 1 heterocycles. The van der Waals surface area contributed by atoms with Gasteiger partial charge in [0, 0.05) is 0 Å². The summed E-state index contributed by atoms with van der Waals surface area (Å²) in [6.07, 6.45) is 0. The van der Waals surface area contributed by atoms with Gasteiger partial charge in [0.05, 0.1) is 29.8 Å². The maximum absolute atomic E-state index is 12.3. The molecule has 1 aromatic heterocycles. The topological polar surface area (TPSA) is 81.7 Å². The lowest BCUT2D eigenvalue weighted by Gasteiger charge is -2.12. The maximum Gasteiger partial charge on any atom is 0.337 e. The van der Waals surface area contributed by atoms with Crippen LogP contribution in [0.3, 0.4) is 0 Å². The van der Waals surface area contributed by atoms with E-state index in [4.69, 9.17) is 16.3 Å². The summed E-state index contributed by atoms with van der Waals surface area (Å²) in [4.78, 5) is 11.5. The van der Waals surface area contributed by atoms with Crippen LogP contribution in [0.25, 0.3) is 0 Å². The molecular formula is C13H12ClNO5S2. The number of carbonyl (C=O) groups excluding carboxylic acids is 1. The van der Waals surface area contributed by atoms with E-state index in [-0.39, 0.29) is 21.2 Å². The number of carbonyl (C=O) groups is 1. The number of esters is 1. The standard InChI is InChI=1S/C13H12ClNO5S2/c1-19-10-4-3-8(13(16)20-2)7-9(10)15-22(17,18)12-6-5-11(14)21-12/h3-7,15H,1-2H3. The first-order chi connectivity index (χ1) is 10.4. The van der Waals surface area contributed by atoms with Crippen LogP contribution in [0.4, 0.5) is 5.69 Å². The third-order valence-corrected chi connectivity index (χ3v) is 5.77. The number of rotatable bonds is 5. The van der Waals surface area contributed by atoms with Gasteiger partial charge in [0.15, 0.2) is 0 Å². The molecular weight excluding hydrogens is 350 g/mol. The zero-order chi connectivity index (χ0) is 16.3. The number of methoxy groups -OCH3 is 2. The van der Waals surface area contributed by atoms with Crippen molar-refractivity contribution in [3.05, 3.63) is 40.2 Å². The Bertz CT molecular complexity index is 801. The van der Waals surface area contributed by atoms with Crippen LogP contribution in [-0.2, 0) is 14.8 Å². The van der Waals surface area contributed by atoms with Gasteiger partial charge in [-0.2, -0.15) is 0 Å². The van der Waals surface area contributed by atoms with Crippen LogP contribution in [0.15, 0.2) is 34.5 Å². The molecule has 0 aliphatic carbocycles. The van der Waals surface area contributed by atoms with Gasteiger partial charge in [-0.25, -0.2) is 13.2 Å². The first-order valence-corrected chi connectivity index (χ1v) is 8.59. The van der Waals surface area contributed by atoms with E-state index in [0.29, 0.717) is 4.34 Å². The van der Waals surface area contributed by atoms with Gasteiger partial charge in [-0.3, -0.25) is 4.72 Å². The number of sulfonamides is 1. The van der Waals surface area contributed by atoms with Crippen LogP contribution in [-0.4, -0.2) is 28.6 Å². The predicted molar refractivity (Wildman–Crippen MR) is 84.5 cm³/mol. The summed E-state index contributed by atoms with van der Waals surface area (Å²) in [5.41, 5.74) is 0.333. The van der Waals surface area contributed by atoms with Crippen molar-refractivity contribution in [3.8, 4) is 5.75 Å². The largest absolute Gasteiger partial charge is 0.495 e. The van der Waals surface area contributed by atoms with Gasteiger partial charge in [-0.05, 0) is 30.3 Å². The van der Waals surface area contributed by atoms with Crippen molar-refractivity contribution in [2.75, 3.05) is 18.9 Å². The molecule has 118 valence electrons. The Labute approximate surface area is 136 Å². The van der Waals surface area contributed by atoms with Crippen molar-refractivity contribution in [2.45, 2.75) is 4.21 Å². The third-order valence-electron chi connectivity index (χ3n) is 2.68. The third kappa shape index (κ3) is 3.52. The Morgan fingerprint density at radius 2 is 1.95 bits per heavy atom. The molecule has 0 aliphatic rings. The second-order valence-corrected chi connectivity index (χ2v) is 7.70. The van der Waals surface area contributed by atoms with Crippen molar-refractivity contribution >= 4 is 44.6 Å². The smallest absolute Gasteiger partial charge is 0.337 e. The Balaban J connectivity index is 2.41. The Kier molecular flexibility index (Phi) is 4.94. The van der Waals surface area contributed by atoms with E-state index in [0.717, 1.165) is 11.3 Å². The molecule has 0 bridgehead atoms. The highest BCUT2D eigenvalue weighted by atomic mass is 35.5. The average Bonchev–Trinajstić information content (AvgIpc) is 2.93. The van der Waals surface area contributed by atoms with Crippen molar-refractivity contribution in [2.24, 2.45) is 0 Å². The van der Waals surface area contributed by atoms with Crippen molar-refractivity contribution in [1.29, 1.82) is 0 Å². The Morgan fingerprint density at radius 3 is 2.50 bits per heavy atom. The molecule has 0 atom stereocenters. The molecule has 6 nitrogen and oxygen atoms in total. The van der Waals surface area contributed by atoms with Crippen LogP contribution < -0.4 is 9.46 Å². The van der Waals surface area contributed by atoms with Crippen LogP contribution in [0.2, 0.25) is 4.34 Å². The Morgan fingerprint density at radius 1 is 1.23 bits per heavy atom. The summed E-state index contributed by atoms with van der Waals surface area (Å²) < 4.78 is 37.1. The zero-order valence-electron chi connectivity index (χ0n) is 11.6. The fourth-order valence-corrected chi connectivity index (χ4v) is 4.21. The summed E-state index contributed by atoms with van der Waals surface area (Å²) in [5, 5.41) is 0. The van der Waals surface area contributed by atoms with Gasteiger partial charge >= 0.3 is 5.97 Å². The molecule has 1 aromatic carbocycles. The number of halogens is 1.